The first-order chi connectivity index (χ1) is 10.4. The first-order valence-corrected chi connectivity index (χ1v) is 7.72. The molecule has 0 bridgehead atoms. The summed E-state index contributed by atoms with van der Waals surface area (Å²) in [5, 5.41) is 10.4. The number of carbonyl (C=O) groups is 1. The Morgan fingerprint density at radius 1 is 1.04 bits per heavy atom. The number of nitrogens with two attached hydrogens (primary N) is 1. The van der Waals surface area contributed by atoms with Gasteiger partial charge in [0.25, 0.3) is 0 Å². The van der Waals surface area contributed by atoms with E-state index in [2.05, 4.69) is 0 Å². The van der Waals surface area contributed by atoms with Crippen molar-refractivity contribution in [3.63, 3.8) is 0 Å². The number of carboxylic acid groups (broad SMARTS) is 1. The second-order valence-electron chi connectivity index (χ2n) is 4.90. The molecule has 2 rings (SSSR count). The van der Waals surface area contributed by atoms with E-state index < -0.39 is 5.97 Å². The lowest BCUT2D eigenvalue weighted by Gasteiger charge is -2.15. The quantitative estimate of drug-likeness (QED) is 0.727. The highest BCUT2D eigenvalue weighted by Crippen LogP contribution is 2.35. The van der Waals surface area contributed by atoms with Gasteiger partial charge >= 0.3 is 5.97 Å². The van der Waals surface area contributed by atoms with Crippen LogP contribution in [0.3, 0.4) is 0 Å². The minimum atomic E-state index is -0.888. The average Bonchev–Trinajstić information content (AvgIpc) is 2.48. The van der Waals surface area contributed by atoms with Crippen LogP contribution in [0.25, 0.3) is 11.1 Å². The van der Waals surface area contributed by atoms with Gasteiger partial charge in [0, 0.05) is 16.5 Å². The van der Waals surface area contributed by atoms with Crippen molar-refractivity contribution in [2.45, 2.75) is 12.3 Å². The second-order valence-corrected chi connectivity index (χ2v) is 6.12. The fourth-order valence-corrected chi connectivity index (χ4v) is 2.75. The molecule has 0 aliphatic rings. The lowest BCUT2D eigenvalue weighted by Crippen LogP contribution is -2.16. The number of halogens is 4. The van der Waals surface area contributed by atoms with Gasteiger partial charge in [0.05, 0.1) is 16.5 Å². The molecule has 0 aromatic heterocycles. The van der Waals surface area contributed by atoms with Crippen molar-refractivity contribution in [2.75, 3.05) is 6.54 Å². The summed E-state index contributed by atoms with van der Waals surface area (Å²) >= 11 is 18.2. The van der Waals surface area contributed by atoms with Crippen LogP contribution in [0.1, 0.15) is 17.9 Å². The lowest BCUT2D eigenvalue weighted by atomic mass is 9.92. The molecule has 0 spiro atoms. The van der Waals surface area contributed by atoms with Crippen molar-refractivity contribution < 1.29 is 9.90 Å². The molecule has 0 aliphatic heterocycles. The van der Waals surface area contributed by atoms with E-state index in [0.29, 0.717) is 15.1 Å². The van der Waals surface area contributed by atoms with E-state index in [-0.39, 0.29) is 31.3 Å². The molecule has 0 amide bonds. The van der Waals surface area contributed by atoms with Gasteiger partial charge in [-0.2, -0.15) is 0 Å². The Kier molecular flexibility index (Phi) is 7.65. The normalized spacial score (nSPS) is 11.7. The second kappa shape index (κ2) is 8.76. The van der Waals surface area contributed by atoms with Gasteiger partial charge in [-0.1, -0.05) is 46.9 Å². The smallest absolute Gasteiger partial charge is 0.304 e. The molecule has 1 atom stereocenters. The number of aliphatic carboxylic acids is 1. The summed E-state index contributed by atoms with van der Waals surface area (Å²) in [7, 11) is 0. The molecule has 0 heterocycles. The average molecular weight is 395 g/mol. The van der Waals surface area contributed by atoms with E-state index in [1.807, 2.05) is 12.1 Å². The Morgan fingerprint density at radius 2 is 1.70 bits per heavy atom. The van der Waals surface area contributed by atoms with Gasteiger partial charge in [0.1, 0.15) is 0 Å². The molecule has 3 nitrogen and oxygen atoms in total. The summed E-state index contributed by atoms with van der Waals surface area (Å²) in [5.41, 5.74) is 8.10. The summed E-state index contributed by atoms with van der Waals surface area (Å²) in [6, 6.07) is 10.6. The first kappa shape index (κ1) is 20.1. The number of rotatable bonds is 5. The first-order valence-electron chi connectivity index (χ1n) is 6.59. The van der Waals surface area contributed by atoms with E-state index in [9.17, 15) is 4.79 Å². The minimum Gasteiger partial charge on any atom is -0.481 e. The van der Waals surface area contributed by atoms with Gasteiger partial charge in [-0.05, 0) is 41.9 Å². The Balaban J connectivity index is 0.00000264. The molecule has 2 aromatic rings. The van der Waals surface area contributed by atoms with Crippen LogP contribution in [0.5, 0.6) is 0 Å². The third-order valence-corrected chi connectivity index (χ3v) is 4.47. The van der Waals surface area contributed by atoms with Gasteiger partial charge in [0.15, 0.2) is 0 Å². The van der Waals surface area contributed by atoms with Crippen LogP contribution in [-0.4, -0.2) is 17.6 Å². The van der Waals surface area contributed by atoms with Gasteiger partial charge in [-0.3, -0.25) is 4.79 Å². The Labute approximate surface area is 155 Å². The van der Waals surface area contributed by atoms with Crippen LogP contribution in [0, 0.1) is 0 Å². The van der Waals surface area contributed by atoms with Crippen molar-refractivity contribution in [1.82, 2.24) is 0 Å². The predicted octanol–water partition coefficient (Wildman–Crippen LogP) is 5.25. The van der Waals surface area contributed by atoms with Crippen molar-refractivity contribution in [3.05, 3.63) is 57.0 Å². The van der Waals surface area contributed by atoms with E-state index in [1.54, 1.807) is 24.3 Å². The highest BCUT2D eigenvalue weighted by Gasteiger charge is 2.16. The summed E-state index contributed by atoms with van der Waals surface area (Å²) < 4.78 is 0. The molecule has 3 N–H and O–H groups in total. The number of carboxylic acids is 1. The van der Waals surface area contributed by atoms with Gasteiger partial charge in [-0.25, -0.2) is 0 Å². The number of benzene rings is 2. The van der Waals surface area contributed by atoms with Crippen molar-refractivity contribution in [2.24, 2.45) is 5.73 Å². The highest BCUT2D eigenvalue weighted by atomic mass is 35.5. The van der Waals surface area contributed by atoms with E-state index in [0.717, 1.165) is 16.7 Å². The Hall–Kier alpha value is -0.970. The standard InChI is InChI=1S/C16H14Cl3NO2.ClH/c17-13-3-1-9(11(8-20)7-16(21)22)5-12(13)10-2-4-14(18)15(19)6-10;/h1-6,11H,7-8,20H2,(H,21,22);1H/t11-;/m0./s1. The molecule has 0 radical (unpaired) electrons. The molecule has 0 saturated carbocycles. The molecular formula is C16H15Cl4NO2. The molecule has 7 heteroatoms. The zero-order valence-corrected chi connectivity index (χ0v) is 15.0. The monoisotopic (exact) mass is 393 g/mol. The predicted molar refractivity (Wildman–Crippen MR) is 98.2 cm³/mol. The maximum atomic E-state index is 10.9. The van der Waals surface area contributed by atoms with Crippen LogP contribution >= 0.6 is 47.2 Å². The lowest BCUT2D eigenvalue weighted by molar-refractivity contribution is -0.137. The summed E-state index contributed by atoms with van der Waals surface area (Å²) in [5.74, 6) is -1.15. The molecule has 124 valence electrons. The van der Waals surface area contributed by atoms with E-state index in [1.165, 1.54) is 0 Å². The van der Waals surface area contributed by atoms with Gasteiger partial charge in [0.2, 0.25) is 0 Å². The third-order valence-electron chi connectivity index (χ3n) is 3.40. The largest absolute Gasteiger partial charge is 0.481 e. The van der Waals surface area contributed by atoms with Crippen LogP contribution in [-0.2, 0) is 4.79 Å². The summed E-state index contributed by atoms with van der Waals surface area (Å²) in [6.07, 6.45) is -0.0288. The maximum Gasteiger partial charge on any atom is 0.304 e. The fraction of sp³-hybridized carbons (Fsp3) is 0.188. The molecule has 0 saturated heterocycles. The van der Waals surface area contributed by atoms with E-state index in [4.69, 9.17) is 45.6 Å². The van der Waals surface area contributed by atoms with Crippen molar-refractivity contribution in [1.29, 1.82) is 0 Å². The van der Waals surface area contributed by atoms with E-state index >= 15 is 0 Å². The zero-order chi connectivity index (χ0) is 16.3. The Bertz CT molecular complexity index is 706. The fourth-order valence-electron chi connectivity index (χ4n) is 2.23. The maximum absolute atomic E-state index is 10.9. The highest BCUT2D eigenvalue weighted by molar-refractivity contribution is 6.42. The van der Waals surface area contributed by atoms with Crippen LogP contribution in [0.4, 0.5) is 0 Å². The van der Waals surface area contributed by atoms with Crippen molar-refractivity contribution >= 4 is 53.2 Å². The molecular weight excluding hydrogens is 380 g/mol. The molecule has 0 unspecified atom stereocenters. The third kappa shape index (κ3) is 5.00. The number of hydrogen-bond acceptors (Lipinski definition) is 2. The molecule has 0 aliphatic carbocycles. The van der Waals surface area contributed by atoms with Crippen LogP contribution < -0.4 is 5.73 Å². The topological polar surface area (TPSA) is 63.3 Å². The van der Waals surface area contributed by atoms with Gasteiger partial charge < -0.3 is 10.8 Å². The molecule has 0 fully saturated rings. The summed E-state index contributed by atoms with van der Waals surface area (Å²) in [4.78, 5) is 10.9. The van der Waals surface area contributed by atoms with Crippen LogP contribution in [0.2, 0.25) is 15.1 Å². The zero-order valence-electron chi connectivity index (χ0n) is 11.9. The molecule has 2 aromatic carbocycles. The SMILES string of the molecule is Cl.NC[C@H](CC(=O)O)c1ccc(Cl)c(-c2ccc(Cl)c(Cl)c2)c1. The van der Waals surface area contributed by atoms with Crippen LogP contribution in [0.15, 0.2) is 36.4 Å². The minimum absolute atomic E-state index is 0. The van der Waals surface area contributed by atoms with Crippen molar-refractivity contribution in [3.8, 4) is 11.1 Å². The number of hydrogen-bond donors (Lipinski definition) is 2. The van der Waals surface area contributed by atoms with Gasteiger partial charge in [-0.15, -0.1) is 12.4 Å². The Morgan fingerprint density at radius 3 is 2.26 bits per heavy atom. The molecule has 23 heavy (non-hydrogen) atoms. The summed E-state index contributed by atoms with van der Waals surface area (Å²) in [6.45, 7) is 0.245.